The summed E-state index contributed by atoms with van der Waals surface area (Å²) >= 11 is 0. The summed E-state index contributed by atoms with van der Waals surface area (Å²) in [5.41, 5.74) is -0.371. The van der Waals surface area contributed by atoms with Gasteiger partial charge in [-0.25, -0.2) is 0 Å². The Hall–Kier alpha value is -0.570. The van der Waals surface area contributed by atoms with Gasteiger partial charge in [0.05, 0.1) is 5.92 Å². The Kier molecular flexibility index (Phi) is 3.53. The molecule has 2 atom stereocenters. The van der Waals surface area contributed by atoms with Gasteiger partial charge in [-0.3, -0.25) is 4.79 Å². The van der Waals surface area contributed by atoms with Crippen LogP contribution in [0.15, 0.2) is 0 Å². The molecule has 1 fully saturated rings. The molecule has 0 radical (unpaired) electrons. The topological polar surface area (TPSA) is 38.3 Å². The summed E-state index contributed by atoms with van der Waals surface area (Å²) in [5, 5.41) is 3.32. The van der Waals surface area contributed by atoms with Crippen LogP contribution in [0.3, 0.4) is 0 Å². The van der Waals surface area contributed by atoms with Crippen LogP contribution in [0.1, 0.15) is 40.5 Å². The molecule has 0 aromatic rings. The molecule has 82 valence electrons. The highest BCUT2D eigenvalue weighted by atomic mass is 16.6. The van der Waals surface area contributed by atoms with Gasteiger partial charge in [-0.1, -0.05) is 6.92 Å². The van der Waals surface area contributed by atoms with Gasteiger partial charge < -0.3 is 10.1 Å². The number of carbonyl (C=O) groups is 1. The quantitative estimate of drug-likeness (QED) is 0.688. The number of hydrogen-bond donors (Lipinski definition) is 1. The Labute approximate surface area is 86.2 Å². The molecular weight excluding hydrogens is 178 g/mol. The van der Waals surface area contributed by atoms with Gasteiger partial charge in [-0.05, 0) is 40.2 Å². The molecule has 0 aromatic heterocycles. The van der Waals surface area contributed by atoms with Crippen molar-refractivity contribution in [2.24, 2.45) is 5.92 Å². The van der Waals surface area contributed by atoms with Crippen molar-refractivity contribution in [3.05, 3.63) is 0 Å². The smallest absolute Gasteiger partial charge is 0.310 e. The van der Waals surface area contributed by atoms with E-state index < -0.39 is 0 Å². The lowest BCUT2D eigenvalue weighted by atomic mass is 10.0. The van der Waals surface area contributed by atoms with Crippen molar-refractivity contribution in [1.29, 1.82) is 0 Å². The van der Waals surface area contributed by atoms with Crippen LogP contribution in [0.2, 0.25) is 0 Å². The number of nitrogens with one attached hydrogen (secondary N) is 1. The van der Waals surface area contributed by atoms with Gasteiger partial charge in [0.2, 0.25) is 0 Å². The zero-order valence-corrected chi connectivity index (χ0v) is 9.59. The lowest BCUT2D eigenvalue weighted by molar-refractivity contribution is -0.160. The van der Waals surface area contributed by atoms with Gasteiger partial charge in [0, 0.05) is 6.04 Å². The Bertz CT molecular complexity index is 202. The predicted molar refractivity (Wildman–Crippen MR) is 56.0 cm³/mol. The summed E-state index contributed by atoms with van der Waals surface area (Å²) in [6, 6.07) is 0.310. The Morgan fingerprint density at radius 3 is 2.57 bits per heavy atom. The van der Waals surface area contributed by atoms with Crippen molar-refractivity contribution >= 4 is 5.97 Å². The molecule has 0 aromatic carbocycles. The zero-order chi connectivity index (χ0) is 10.8. The average molecular weight is 199 g/mol. The Balaban J connectivity index is 2.43. The van der Waals surface area contributed by atoms with Crippen LogP contribution in [-0.4, -0.2) is 24.2 Å². The van der Waals surface area contributed by atoms with Crippen molar-refractivity contribution < 1.29 is 9.53 Å². The van der Waals surface area contributed by atoms with Gasteiger partial charge in [0.25, 0.3) is 0 Å². The van der Waals surface area contributed by atoms with Gasteiger partial charge >= 0.3 is 5.97 Å². The van der Waals surface area contributed by atoms with Gasteiger partial charge in [0.1, 0.15) is 5.60 Å². The molecule has 0 bridgehead atoms. The molecule has 1 heterocycles. The van der Waals surface area contributed by atoms with E-state index in [1.807, 2.05) is 27.7 Å². The van der Waals surface area contributed by atoms with E-state index in [9.17, 15) is 4.79 Å². The van der Waals surface area contributed by atoms with Crippen molar-refractivity contribution in [2.75, 3.05) is 6.54 Å². The minimum absolute atomic E-state index is 0.0308. The molecule has 0 aliphatic carbocycles. The van der Waals surface area contributed by atoms with Crippen LogP contribution in [-0.2, 0) is 9.53 Å². The minimum atomic E-state index is -0.371. The highest BCUT2D eigenvalue weighted by Crippen LogP contribution is 2.18. The zero-order valence-electron chi connectivity index (χ0n) is 9.59. The lowest BCUT2D eigenvalue weighted by Crippen LogP contribution is -2.37. The van der Waals surface area contributed by atoms with Crippen molar-refractivity contribution in [3.63, 3.8) is 0 Å². The van der Waals surface area contributed by atoms with E-state index >= 15 is 0 Å². The molecule has 2 unspecified atom stereocenters. The Morgan fingerprint density at radius 2 is 2.14 bits per heavy atom. The SMILES string of the molecule is CC(C(=O)OC(C)(C)C)C1CCCN1. The first kappa shape index (κ1) is 11.5. The van der Waals surface area contributed by atoms with E-state index in [1.165, 1.54) is 0 Å². The maximum absolute atomic E-state index is 11.7. The molecular formula is C11H21NO2. The van der Waals surface area contributed by atoms with Crippen molar-refractivity contribution in [3.8, 4) is 0 Å². The number of hydrogen-bond acceptors (Lipinski definition) is 3. The van der Waals surface area contributed by atoms with Crippen LogP contribution in [0, 0.1) is 5.92 Å². The molecule has 1 rings (SSSR count). The van der Waals surface area contributed by atoms with E-state index in [4.69, 9.17) is 4.74 Å². The van der Waals surface area contributed by atoms with Crippen LogP contribution >= 0.6 is 0 Å². The van der Waals surface area contributed by atoms with Crippen LogP contribution < -0.4 is 5.32 Å². The molecule has 1 N–H and O–H groups in total. The third kappa shape index (κ3) is 3.29. The van der Waals surface area contributed by atoms with E-state index in [2.05, 4.69) is 5.32 Å². The molecule has 0 spiro atoms. The second kappa shape index (κ2) is 4.30. The summed E-state index contributed by atoms with van der Waals surface area (Å²) in [7, 11) is 0. The van der Waals surface area contributed by atoms with E-state index in [1.54, 1.807) is 0 Å². The van der Waals surface area contributed by atoms with Crippen LogP contribution in [0.5, 0.6) is 0 Å². The first-order chi connectivity index (χ1) is 6.40. The molecule has 1 aliphatic heterocycles. The molecule has 0 amide bonds. The van der Waals surface area contributed by atoms with Gasteiger partial charge in [0.15, 0.2) is 0 Å². The third-order valence-electron chi connectivity index (χ3n) is 2.48. The normalized spacial score (nSPS) is 24.7. The molecule has 3 nitrogen and oxygen atoms in total. The first-order valence-corrected chi connectivity index (χ1v) is 5.36. The number of ether oxygens (including phenoxy) is 1. The van der Waals surface area contributed by atoms with Crippen molar-refractivity contribution in [2.45, 2.75) is 52.2 Å². The van der Waals surface area contributed by atoms with E-state index in [0.29, 0.717) is 6.04 Å². The first-order valence-electron chi connectivity index (χ1n) is 5.36. The largest absolute Gasteiger partial charge is 0.460 e. The standard InChI is InChI=1S/C11H21NO2/c1-8(9-6-5-7-12-9)10(13)14-11(2,3)4/h8-9,12H,5-7H2,1-4H3. The molecule has 1 saturated heterocycles. The molecule has 14 heavy (non-hydrogen) atoms. The van der Waals surface area contributed by atoms with Crippen molar-refractivity contribution in [1.82, 2.24) is 5.32 Å². The fourth-order valence-corrected chi connectivity index (χ4v) is 1.70. The second-order valence-corrected chi connectivity index (χ2v) is 5.02. The van der Waals surface area contributed by atoms with E-state index in [0.717, 1.165) is 19.4 Å². The second-order valence-electron chi connectivity index (χ2n) is 5.02. The molecule has 3 heteroatoms. The summed E-state index contributed by atoms with van der Waals surface area (Å²) in [5.74, 6) is -0.117. The Morgan fingerprint density at radius 1 is 1.50 bits per heavy atom. The van der Waals surface area contributed by atoms with Gasteiger partial charge in [-0.2, -0.15) is 0 Å². The highest BCUT2D eigenvalue weighted by molar-refractivity contribution is 5.73. The predicted octanol–water partition coefficient (Wildman–Crippen LogP) is 1.72. The highest BCUT2D eigenvalue weighted by Gasteiger charge is 2.29. The summed E-state index contributed by atoms with van der Waals surface area (Å²) < 4.78 is 5.33. The minimum Gasteiger partial charge on any atom is -0.460 e. The van der Waals surface area contributed by atoms with E-state index in [-0.39, 0.29) is 17.5 Å². The summed E-state index contributed by atoms with van der Waals surface area (Å²) in [6.07, 6.45) is 2.25. The van der Waals surface area contributed by atoms with Gasteiger partial charge in [-0.15, -0.1) is 0 Å². The average Bonchev–Trinajstić information content (AvgIpc) is 2.51. The molecule has 0 saturated carbocycles. The summed E-state index contributed by atoms with van der Waals surface area (Å²) in [4.78, 5) is 11.7. The van der Waals surface area contributed by atoms with Crippen LogP contribution in [0.4, 0.5) is 0 Å². The number of esters is 1. The number of carbonyl (C=O) groups excluding carboxylic acids is 1. The fraction of sp³-hybridized carbons (Fsp3) is 0.909. The maximum atomic E-state index is 11.7. The fourth-order valence-electron chi connectivity index (χ4n) is 1.70. The monoisotopic (exact) mass is 199 g/mol. The molecule has 1 aliphatic rings. The van der Waals surface area contributed by atoms with Crippen LogP contribution in [0.25, 0.3) is 0 Å². The summed E-state index contributed by atoms with van der Waals surface area (Å²) in [6.45, 7) is 8.67. The maximum Gasteiger partial charge on any atom is 0.310 e. The number of rotatable bonds is 2. The lowest BCUT2D eigenvalue weighted by Gasteiger charge is -2.24. The third-order valence-corrected chi connectivity index (χ3v) is 2.48.